The average Bonchev–Trinajstić information content (AvgIpc) is 2.38. The molecule has 0 aliphatic carbocycles. The van der Waals surface area contributed by atoms with Crippen LogP contribution < -0.4 is 10.2 Å². The molecule has 1 N–H and O–H groups in total. The maximum Gasteiger partial charge on any atom is 0.0648 e. The van der Waals surface area contributed by atoms with Crippen LogP contribution in [0.4, 0.5) is 17.1 Å². The number of hydrogen-bond donors (Lipinski definition) is 1. The van der Waals surface area contributed by atoms with Crippen LogP contribution in [0, 0.1) is 6.92 Å². The zero-order chi connectivity index (χ0) is 12.5. The number of anilines is 3. The van der Waals surface area contributed by atoms with Gasteiger partial charge in [0.2, 0.25) is 0 Å². The molecule has 2 nitrogen and oxygen atoms in total. The Hall–Kier alpha value is -1.48. The Morgan fingerprint density at radius 3 is 2.78 bits per heavy atom. The van der Waals surface area contributed by atoms with Crippen LogP contribution in [0.5, 0.6) is 0 Å². The van der Waals surface area contributed by atoms with Crippen LogP contribution in [0.15, 0.2) is 46.9 Å². The van der Waals surface area contributed by atoms with Crippen LogP contribution in [0.2, 0.25) is 0 Å². The number of halogens is 1. The van der Waals surface area contributed by atoms with E-state index in [0.29, 0.717) is 0 Å². The van der Waals surface area contributed by atoms with Gasteiger partial charge in [0, 0.05) is 23.2 Å². The molecular formula is C15H15BrN2. The van der Waals surface area contributed by atoms with Gasteiger partial charge < -0.3 is 10.2 Å². The second kappa shape index (κ2) is 4.65. The van der Waals surface area contributed by atoms with Crippen molar-refractivity contribution in [3.05, 3.63) is 52.5 Å². The third kappa shape index (κ3) is 1.99. The van der Waals surface area contributed by atoms with Crippen LogP contribution in [-0.4, -0.2) is 13.1 Å². The first-order valence-electron chi connectivity index (χ1n) is 6.12. The molecule has 0 saturated carbocycles. The molecule has 0 aromatic heterocycles. The van der Waals surface area contributed by atoms with E-state index < -0.39 is 0 Å². The SMILES string of the molecule is Cc1ccccc1N1CCNc2cc(Br)ccc21. The summed E-state index contributed by atoms with van der Waals surface area (Å²) in [4.78, 5) is 2.38. The number of rotatable bonds is 1. The zero-order valence-corrected chi connectivity index (χ0v) is 11.9. The Labute approximate surface area is 116 Å². The van der Waals surface area contributed by atoms with Gasteiger partial charge in [0.05, 0.1) is 11.4 Å². The van der Waals surface area contributed by atoms with Crippen LogP contribution in [0.3, 0.4) is 0 Å². The minimum atomic E-state index is 0.970. The molecule has 0 unspecified atom stereocenters. The van der Waals surface area contributed by atoms with E-state index in [4.69, 9.17) is 0 Å². The number of nitrogens with zero attached hydrogens (tertiary/aromatic N) is 1. The second-order valence-corrected chi connectivity index (χ2v) is 5.44. The highest BCUT2D eigenvalue weighted by Gasteiger charge is 2.18. The summed E-state index contributed by atoms with van der Waals surface area (Å²) in [5, 5.41) is 3.45. The first-order valence-corrected chi connectivity index (χ1v) is 6.91. The molecule has 2 aromatic rings. The normalized spacial score (nSPS) is 14.0. The molecule has 0 atom stereocenters. The van der Waals surface area contributed by atoms with Crippen molar-refractivity contribution in [1.29, 1.82) is 0 Å². The maximum absolute atomic E-state index is 3.52. The summed E-state index contributed by atoms with van der Waals surface area (Å²) < 4.78 is 1.11. The standard InChI is InChI=1S/C15H15BrN2/c1-11-4-2-3-5-14(11)18-9-8-17-13-10-12(16)6-7-15(13)18/h2-7,10,17H,8-9H2,1H3. The monoisotopic (exact) mass is 302 g/mol. The van der Waals surface area contributed by atoms with E-state index in [1.54, 1.807) is 0 Å². The lowest BCUT2D eigenvalue weighted by atomic mass is 10.1. The van der Waals surface area contributed by atoms with E-state index >= 15 is 0 Å². The van der Waals surface area contributed by atoms with Crippen LogP contribution in [0.1, 0.15) is 5.56 Å². The van der Waals surface area contributed by atoms with Gasteiger partial charge in [-0.1, -0.05) is 34.1 Å². The summed E-state index contributed by atoms with van der Waals surface area (Å²) in [7, 11) is 0. The highest BCUT2D eigenvalue weighted by Crippen LogP contribution is 2.37. The average molecular weight is 303 g/mol. The van der Waals surface area contributed by atoms with Gasteiger partial charge in [0.15, 0.2) is 0 Å². The zero-order valence-electron chi connectivity index (χ0n) is 10.3. The fourth-order valence-electron chi connectivity index (χ4n) is 2.42. The topological polar surface area (TPSA) is 15.3 Å². The lowest BCUT2D eigenvalue weighted by molar-refractivity contribution is 0.922. The van der Waals surface area contributed by atoms with Crippen LogP contribution >= 0.6 is 15.9 Å². The molecule has 2 aromatic carbocycles. The fraction of sp³-hybridized carbons (Fsp3) is 0.200. The molecule has 0 saturated heterocycles. The quantitative estimate of drug-likeness (QED) is 0.844. The van der Waals surface area contributed by atoms with E-state index in [-0.39, 0.29) is 0 Å². The van der Waals surface area contributed by atoms with Crippen molar-refractivity contribution in [2.45, 2.75) is 6.92 Å². The summed E-state index contributed by atoms with van der Waals surface area (Å²) in [6.07, 6.45) is 0. The second-order valence-electron chi connectivity index (χ2n) is 4.53. The Balaban J connectivity index is 2.09. The third-order valence-electron chi connectivity index (χ3n) is 3.31. The Bertz CT molecular complexity index is 580. The van der Waals surface area contributed by atoms with Gasteiger partial charge in [-0.2, -0.15) is 0 Å². The molecule has 0 fully saturated rings. The van der Waals surface area contributed by atoms with Crippen molar-refractivity contribution >= 4 is 33.0 Å². The molecule has 0 amide bonds. The highest BCUT2D eigenvalue weighted by atomic mass is 79.9. The number of fused-ring (bicyclic) bond motifs is 1. The van der Waals surface area contributed by atoms with E-state index in [0.717, 1.165) is 17.6 Å². The molecule has 1 aliphatic heterocycles. The van der Waals surface area contributed by atoms with Crippen molar-refractivity contribution in [2.75, 3.05) is 23.3 Å². The van der Waals surface area contributed by atoms with E-state index in [9.17, 15) is 0 Å². The van der Waals surface area contributed by atoms with Gasteiger partial charge in [0.25, 0.3) is 0 Å². The smallest absolute Gasteiger partial charge is 0.0648 e. The molecular weight excluding hydrogens is 288 g/mol. The Morgan fingerprint density at radius 1 is 1.11 bits per heavy atom. The minimum absolute atomic E-state index is 0.970. The molecule has 1 aliphatic rings. The van der Waals surface area contributed by atoms with Gasteiger partial charge in [-0.25, -0.2) is 0 Å². The molecule has 92 valence electrons. The van der Waals surface area contributed by atoms with Crippen molar-refractivity contribution in [3.63, 3.8) is 0 Å². The first kappa shape index (κ1) is 11.6. The lowest BCUT2D eigenvalue weighted by Crippen LogP contribution is -2.30. The largest absolute Gasteiger partial charge is 0.382 e. The fourth-order valence-corrected chi connectivity index (χ4v) is 2.79. The summed E-state index contributed by atoms with van der Waals surface area (Å²) in [5.41, 5.74) is 5.05. The lowest BCUT2D eigenvalue weighted by Gasteiger charge is -2.33. The Morgan fingerprint density at radius 2 is 1.94 bits per heavy atom. The third-order valence-corrected chi connectivity index (χ3v) is 3.80. The maximum atomic E-state index is 3.52. The molecule has 0 bridgehead atoms. The molecule has 18 heavy (non-hydrogen) atoms. The summed E-state index contributed by atoms with van der Waals surface area (Å²) in [5.74, 6) is 0. The molecule has 3 rings (SSSR count). The summed E-state index contributed by atoms with van der Waals surface area (Å²) in [6, 6.07) is 14.9. The predicted octanol–water partition coefficient (Wildman–Crippen LogP) is 4.32. The van der Waals surface area contributed by atoms with Crippen molar-refractivity contribution in [3.8, 4) is 0 Å². The molecule has 1 heterocycles. The Kier molecular flexibility index (Phi) is 3.00. The number of aryl methyl sites for hydroxylation is 1. The van der Waals surface area contributed by atoms with Gasteiger partial charge in [0.1, 0.15) is 0 Å². The number of benzene rings is 2. The van der Waals surface area contributed by atoms with Gasteiger partial charge in [-0.05, 0) is 36.8 Å². The number of nitrogens with one attached hydrogen (secondary N) is 1. The number of hydrogen-bond acceptors (Lipinski definition) is 2. The number of para-hydroxylation sites is 1. The van der Waals surface area contributed by atoms with E-state index in [1.165, 1.54) is 22.6 Å². The molecule has 0 radical (unpaired) electrons. The highest BCUT2D eigenvalue weighted by molar-refractivity contribution is 9.10. The first-order chi connectivity index (χ1) is 8.75. The van der Waals surface area contributed by atoms with Crippen molar-refractivity contribution < 1.29 is 0 Å². The van der Waals surface area contributed by atoms with Gasteiger partial charge in [-0.3, -0.25) is 0 Å². The molecule has 3 heteroatoms. The van der Waals surface area contributed by atoms with E-state index in [1.807, 2.05) is 0 Å². The van der Waals surface area contributed by atoms with Crippen molar-refractivity contribution in [1.82, 2.24) is 0 Å². The summed E-state index contributed by atoms with van der Waals surface area (Å²) >= 11 is 3.52. The minimum Gasteiger partial charge on any atom is -0.382 e. The molecule has 0 spiro atoms. The predicted molar refractivity (Wildman–Crippen MR) is 80.8 cm³/mol. The van der Waals surface area contributed by atoms with Gasteiger partial charge in [-0.15, -0.1) is 0 Å². The van der Waals surface area contributed by atoms with E-state index in [2.05, 4.69) is 75.5 Å². The van der Waals surface area contributed by atoms with Crippen LogP contribution in [0.25, 0.3) is 0 Å². The van der Waals surface area contributed by atoms with Crippen LogP contribution in [-0.2, 0) is 0 Å². The van der Waals surface area contributed by atoms with Gasteiger partial charge >= 0.3 is 0 Å². The summed E-state index contributed by atoms with van der Waals surface area (Å²) in [6.45, 7) is 4.13. The van der Waals surface area contributed by atoms with Crippen molar-refractivity contribution in [2.24, 2.45) is 0 Å².